The first-order valence-electron chi connectivity index (χ1n) is 6.78. The Morgan fingerprint density at radius 1 is 1.20 bits per heavy atom. The van der Waals surface area contributed by atoms with Gasteiger partial charge in [-0.2, -0.15) is 11.8 Å². The summed E-state index contributed by atoms with van der Waals surface area (Å²) in [5.41, 5.74) is 0. The topological polar surface area (TPSA) is 20.3 Å². The average Bonchev–Trinajstić information content (AvgIpc) is 3.09. The van der Waals surface area contributed by atoms with E-state index in [-0.39, 0.29) is 5.91 Å². The van der Waals surface area contributed by atoms with Crippen molar-refractivity contribution in [3.05, 3.63) is 44.8 Å². The number of thioether (sulfide) groups is 1. The molecule has 20 heavy (non-hydrogen) atoms. The maximum Gasteiger partial charge on any atom is 0.227 e. The zero-order valence-corrected chi connectivity index (χ0v) is 13.6. The lowest BCUT2D eigenvalue weighted by Gasteiger charge is -2.19. The number of thiophene rings is 2. The fourth-order valence-electron chi connectivity index (χ4n) is 2.40. The standard InChI is InChI=1S/C15H17NOS3/c17-15(11-12-3-1-8-18-12)16-6-5-14(20-10-7-16)13-4-2-9-19-13/h1-4,8-9,14H,5-7,10-11H2/t14-/m1/s1. The molecule has 1 aliphatic rings. The lowest BCUT2D eigenvalue weighted by Crippen LogP contribution is -2.33. The molecule has 0 radical (unpaired) electrons. The Morgan fingerprint density at radius 2 is 2.05 bits per heavy atom. The van der Waals surface area contributed by atoms with E-state index < -0.39 is 0 Å². The highest BCUT2D eigenvalue weighted by atomic mass is 32.2. The van der Waals surface area contributed by atoms with Crippen molar-refractivity contribution in [2.75, 3.05) is 18.8 Å². The van der Waals surface area contributed by atoms with Gasteiger partial charge in [0.25, 0.3) is 0 Å². The summed E-state index contributed by atoms with van der Waals surface area (Å²) in [6, 6.07) is 8.39. The molecule has 2 nitrogen and oxygen atoms in total. The molecule has 3 rings (SSSR count). The van der Waals surface area contributed by atoms with Crippen LogP contribution in [0.2, 0.25) is 0 Å². The van der Waals surface area contributed by atoms with E-state index in [1.54, 1.807) is 11.3 Å². The fourth-order valence-corrected chi connectivity index (χ4v) is 5.33. The van der Waals surface area contributed by atoms with Crippen LogP contribution < -0.4 is 0 Å². The zero-order chi connectivity index (χ0) is 13.8. The van der Waals surface area contributed by atoms with Crippen molar-refractivity contribution in [1.82, 2.24) is 4.90 Å². The summed E-state index contributed by atoms with van der Waals surface area (Å²) in [5.74, 6) is 1.32. The van der Waals surface area contributed by atoms with Gasteiger partial charge in [0.2, 0.25) is 5.91 Å². The van der Waals surface area contributed by atoms with Crippen LogP contribution >= 0.6 is 34.4 Å². The monoisotopic (exact) mass is 323 g/mol. The summed E-state index contributed by atoms with van der Waals surface area (Å²) in [7, 11) is 0. The molecule has 1 fully saturated rings. The van der Waals surface area contributed by atoms with Gasteiger partial charge in [0.1, 0.15) is 0 Å². The number of nitrogens with zero attached hydrogens (tertiary/aromatic N) is 1. The molecule has 0 bridgehead atoms. The predicted octanol–water partition coefficient (Wildman–Crippen LogP) is 4.06. The Morgan fingerprint density at radius 3 is 2.80 bits per heavy atom. The summed E-state index contributed by atoms with van der Waals surface area (Å²) >= 11 is 5.49. The summed E-state index contributed by atoms with van der Waals surface area (Å²) in [4.78, 5) is 17.0. The second-order valence-electron chi connectivity index (χ2n) is 4.80. The molecule has 3 heterocycles. The van der Waals surface area contributed by atoms with E-state index in [0.717, 1.165) is 25.3 Å². The first kappa shape index (κ1) is 14.2. The first-order chi connectivity index (χ1) is 9.83. The average molecular weight is 324 g/mol. The lowest BCUT2D eigenvalue weighted by molar-refractivity contribution is -0.130. The van der Waals surface area contributed by atoms with Gasteiger partial charge >= 0.3 is 0 Å². The quantitative estimate of drug-likeness (QED) is 0.849. The van der Waals surface area contributed by atoms with Gasteiger partial charge < -0.3 is 4.90 Å². The Hall–Kier alpha value is -0.780. The van der Waals surface area contributed by atoms with Crippen molar-refractivity contribution in [1.29, 1.82) is 0 Å². The molecule has 1 aliphatic heterocycles. The molecule has 2 aromatic rings. The van der Waals surface area contributed by atoms with Gasteiger partial charge in [-0.25, -0.2) is 0 Å². The minimum atomic E-state index is 0.278. The van der Waals surface area contributed by atoms with Crippen molar-refractivity contribution in [3.8, 4) is 0 Å². The van der Waals surface area contributed by atoms with Crippen molar-refractivity contribution in [2.45, 2.75) is 18.1 Å². The SMILES string of the molecule is O=C(Cc1cccs1)N1CCS[C@@H](c2cccs2)CC1. The van der Waals surface area contributed by atoms with Gasteiger partial charge in [0, 0.05) is 33.8 Å². The molecule has 1 atom stereocenters. The highest BCUT2D eigenvalue weighted by Crippen LogP contribution is 2.36. The minimum absolute atomic E-state index is 0.278. The van der Waals surface area contributed by atoms with Gasteiger partial charge in [0.15, 0.2) is 0 Å². The summed E-state index contributed by atoms with van der Waals surface area (Å²) < 4.78 is 0. The second-order valence-corrected chi connectivity index (χ2v) is 8.12. The van der Waals surface area contributed by atoms with Gasteiger partial charge in [-0.05, 0) is 29.3 Å². The Labute approximate surface area is 131 Å². The first-order valence-corrected chi connectivity index (χ1v) is 9.59. The van der Waals surface area contributed by atoms with Crippen molar-refractivity contribution in [2.24, 2.45) is 0 Å². The molecule has 0 aromatic carbocycles. The number of amides is 1. The van der Waals surface area contributed by atoms with Crippen LogP contribution in [-0.4, -0.2) is 29.6 Å². The van der Waals surface area contributed by atoms with Crippen molar-refractivity contribution >= 4 is 40.3 Å². The normalized spacial score (nSPS) is 19.8. The molecule has 0 N–H and O–H groups in total. The minimum Gasteiger partial charge on any atom is -0.342 e. The van der Waals surface area contributed by atoms with E-state index in [2.05, 4.69) is 17.5 Å². The molecule has 0 spiro atoms. The molecule has 0 aliphatic carbocycles. The molecule has 0 unspecified atom stereocenters. The van der Waals surface area contributed by atoms with E-state index >= 15 is 0 Å². The molecule has 2 aromatic heterocycles. The number of carbonyl (C=O) groups excluding carboxylic acids is 1. The van der Waals surface area contributed by atoms with Crippen LogP contribution in [0.1, 0.15) is 21.4 Å². The number of rotatable bonds is 3. The summed E-state index contributed by atoms with van der Waals surface area (Å²) in [5, 5.41) is 4.74. The van der Waals surface area contributed by atoms with E-state index in [1.165, 1.54) is 9.75 Å². The Kier molecular flexibility index (Phi) is 4.81. The van der Waals surface area contributed by atoms with Crippen LogP contribution in [0.4, 0.5) is 0 Å². The number of carbonyl (C=O) groups is 1. The lowest BCUT2D eigenvalue weighted by atomic mass is 10.2. The molecular weight excluding hydrogens is 306 g/mol. The van der Waals surface area contributed by atoms with Gasteiger partial charge in [0.05, 0.1) is 6.42 Å². The molecule has 106 valence electrons. The van der Waals surface area contributed by atoms with Crippen LogP contribution in [-0.2, 0) is 11.2 Å². The van der Waals surface area contributed by atoms with Gasteiger partial charge in [-0.1, -0.05) is 12.1 Å². The van der Waals surface area contributed by atoms with Crippen molar-refractivity contribution in [3.63, 3.8) is 0 Å². The third-order valence-corrected chi connectivity index (χ3v) is 6.78. The highest BCUT2D eigenvalue weighted by Gasteiger charge is 2.22. The van der Waals surface area contributed by atoms with E-state index in [1.807, 2.05) is 45.5 Å². The summed E-state index contributed by atoms with van der Waals surface area (Å²) in [6.07, 6.45) is 1.63. The largest absolute Gasteiger partial charge is 0.342 e. The maximum atomic E-state index is 12.3. The third kappa shape index (κ3) is 3.45. The molecular formula is C15H17NOS3. The highest BCUT2D eigenvalue weighted by molar-refractivity contribution is 7.99. The van der Waals surface area contributed by atoms with Crippen LogP contribution in [0.3, 0.4) is 0 Å². The molecule has 0 saturated carbocycles. The molecule has 1 saturated heterocycles. The number of hydrogen-bond donors (Lipinski definition) is 0. The van der Waals surface area contributed by atoms with Crippen molar-refractivity contribution < 1.29 is 4.79 Å². The van der Waals surface area contributed by atoms with Crippen LogP contribution in [0.5, 0.6) is 0 Å². The Bertz CT molecular complexity index is 535. The summed E-state index contributed by atoms with van der Waals surface area (Å²) in [6.45, 7) is 1.77. The molecule has 1 amide bonds. The van der Waals surface area contributed by atoms with E-state index in [0.29, 0.717) is 11.7 Å². The maximum absolute atomic E-state index is 12.3. The Balaban J connectivity index is 1.58. The smallest absolute Gasteiger partial charge is 0.227 e. The second kappa shape index (κ2) is 6.78. The van der Waals surface area contributed by atoms with Crippen LogP contribution in [0.15, 0.2) is 35.0 Å². The fraction of sp³-hybridized carbons (Fsp3) is 0.400. The van der Waals surface area contributed by atoms with Gasteiger partial charge in [-0.15, -0.1) is 22.7 Å². The predicted molar refractivity (Wildman–Crippen MR) is 88.7 cm³/mol. The van der Waals surface area contributed by atoms with E-state index in [9.17, 15) is 4.79 Å². The van der Waals surface area contributed by atoms with Crippen LogP contribution in [0.25, 0.3) is 0 Å². The zero-order valence-electron chi connectivity index (χ0n) is 11.2. The van der Waals surface area contributed by atoms with Gasteiger partial charge in [-0.3, -0.25) is 4.79 Å². The third-order valence-electron chi connectivity index (χ3n) is 3.46. The molecule has 5 heteroatoms. The number of hydrogen-bond acceptors (Lipinski definition) is 4. The van der Waals surface area contributed by atoms with Crippen LogP contribution in [0, 0.1) is 0 Å². The van der Waals surface area contributed by atoms with E-state index in [4.69, 9.17) is 0 Å².